The molecule has 1 aromatic carbocycles. The van der Waals surface area contributed by atoms with Crippen molar-refractivity contribution in [1.29, 1.82) is 0 Å². The molecule has 0 saturated carbocycles. The van der Waals surface area contributed by atoms with E-state index in [-0.39, 0.29) is 18.0 Å². The molecule has 3 heterocycles. The van der Waals surface area contributed by atoms with Crippen LogP contribution in [0.5, 0.6) is 0 Å². The fraction of sp³-hybridized carbons (Fsp3) is 0.429. The van der Waals surface area contributed by atoms with Crippen LogP contribution in [0.3, 0.4) is 0 Å². The zero-order chi connectivity index (χ0) is 21.3. The second kappa shape index (κ2) is 8.53. The lowest BCUT2D eigenvalue weighted by atomic mass is 10.0. The zero-order valence-corrected chi connectivity index (χ0v) is 17.9. The summed E-state index contributed by atoms with van der Waals surface area (Å²) in [6.07, 6.45) is 2.49. The number of H-pyrrole nitrogens is 1. The van der Waals surface area contributed by atoms with Gasteiger partial charge in [-0.3, -0.25) is 24.4 Å². The van der Waals surface area contributed by atoms with E-state index in [0.717, 1.165) is 29.9 Å². The molecule has 4 rings (SSSR count). The lowest BCUT2D eigenvalue weighted by Crippen LogP contribution is -2.34. The Hall–Kier alpha value is -2.78. The zero-order valence-electron chi connectivity index (χ0n) is 17.1. The maximum Gasteiger partial charge on any atom is 0.328 e. The van der Waals surface area contributed by atoms with E-state index in [2.05, 4.69) is 27.1 Å². The highest BCUT2D eigenvalue weighted by Gasteiger charge is 2.18. The van der Waals surface area contributed by atoms with Gasteiger partial charge in [0.2, 0.25) is 0 Å². The second-order valence-electron chi connectivity index (χ2n) is 7.82. The van der Waals surface area contributed by atoms with Gasteiger partial charge in [-0.2, -0.15) is 0 Å². The number of thiazole rings is 1. The minimum absolute atomic E-state index is 0.287. The van der Waals surface area contributed by atoms with Crippen LogP contribution in [-0.2, 0) is 13.1 Å². The molecular formula is C21H25N5O3S. The van der Waals surface area contributed by atoms with E-state index in [4.69, 9.17) is 0 Å². The lowest BCUT2D eigenvalue weighted by molar-refractivity contribution is 0.102. The van der Waals surface area contributed by atoms with Gasteiger partial charge >= 0.3 is 5.69 Å². The van der Waals surface area contributed by atoms with Crippen molar-refractivity contribution in [3.63, 3.8) is 0 Å². The number of nitrogens with one attached hydrogen (secondary N) is 2. The van der Waals surface area contributed by atoms with E-state index in [1.165, 1.54) is 30.2 Å². The number of carbonyl (C=O) groups excluding carboxylic acids is 1. The molecule has 158 valence electrons. The van der Waals surface area contributed by atoms with Gasteiger partial charge in [-0.05, 0) is 50.4 Å². The van der Waals surface area contributed by atoms with Crippen LogP contribution in [0.4, 0.5) is 5.13 Å². The molecule has 1 atom stereocenters. The van der Waals surface area contributed by atoms with Crippen LogP contribution in [0.25, 0.3) is 10.9 Å². The smallest absolute Gasteiger partial charge is 0.307 e. The fourth-order valence-corrected chi connectivity index (χ4v) is 4.65. The van der Waals surface area contributed by atoms with Gasteiger partial charge in [0.05, 0.1) is 16.6 Å². The molecule has 1 amide bonds. The van der Waals surface area contributed by atoms with Gasteiger partial charge < -0.3 is 4.98 Å². The van der Waals surface area contributed by atoms with Gasteiger partial charge in [-0.25, -0.2) is 9.78 Å². The first-order chi connectivity index (χ1) is 14.4. The normalized spacial score (nSPS) is 17.3. The van der Waals surface area contributed by atoms with Crippen molar-refractivity contribution in [2.24, 2.45) is 5.92 Å². The van der Waals surface area contributed by atoms with Gasteiger partial charge in [-0.15, -0.1) is 11.3 Å². The van der Waals surface area contributed by atoms with Crippen LogP contribution in [0.2, 0.25) is 0 Å². The summed E-state index contributed by atoms with van der Waals surface area (Å²) in [5, 5.41) is 5.70. The molecule has 8 nitrogen and oxygen atoms in total. The Kier molecular flexibility index (Phi) is 5.83. The number of likely N-dealkylation sites (tertiary alicyclic amines) is 1. The van der Waals surface area contributed by atoms with Gasteiger partial charge in [0.15, 0.2) is 5.13 Å². The third-order valence-electron chi connectivity index (χ3n) is 5.46. The highest BCUT2D eigenvalue weighted by Crippen LogP contribution is 2.21. The minimum Gasteiger partial charge on any atom is -0.307 e. The van der Waals surface area contributed by atoms with E-state index >= 15 is 0 Å². The number of aromatic nitrogens is 3. The van der Waals surface area contributed by atoms with Gasteiger partial charge in [0.1, 0.15) is 0 Å². The van der Waals surface area contributed by atoms with Crippen molar-refractivity contribution in [2.45, 2.75) is 39.8 Å². The predicted molar refractivity (Wildman–Crippen MR) is 118 cm³/mol. The molecule has 0 radical (unpaired) electrons. The highest BCUT2D eigenvalue weighted by atomic mass is 32.1. The molecule has 2 N–H and O–H groups in total. The lowest BCUT2D eigenvalue weighted by Gasteiger charge is -2.30. The summed E-state index contributed by atoms with van der Waals surface area (Å²) in [6.45, 7) is 7.24. The Morgan fingerprint density at radius 1 is 1.37 bits per heavy atom. The van der Waals surface area contributed by atoms with E-state index in [0.29, 0.717) is 27.5 Å². The van der Waals surface area contributed by atoms with E-state index in [1.54, 1.807) is 19.1 Å². The van der Waals surface area contributed by atoms with Crippen LogP contribution in [0, 0.1) is 5.92 Å². The predicted octanol–water partition coefficient (Wildman–Crippen LogP) is 2.65. The summed E-state index contributed by atoms with van der Waals surface area (Å²) in [5.41, 5.74) is 0.811. The Labute approximate surface area is 177 Å². The van der Waals surface area contributed by atoms with Crippen molar-refractivity contribution < 1.29 is 4.79 Å². The molecule has 1 fully saturated rings. The maximum atomic E-state index is 12.7. The number of rotatable bonds is 5. The average Bonchev–Trinajstić information content (AvgIpc) is 3.14. The first kappa shape index (κ1) is 20.5. The largest absolute Gasteiger partial charge is 0.328 e. The third kappa shape index (κ3) is 4.22. The number of carbonyl (C=O) groups is 1. The molecule has 0 spiro atoms. The minimum atomic E-state index is -0.482. The van der Waals surface area contributed by atoms with Gasteiger partial charge in [-0.1, -0.05) is 6.92 Å². The number of anilines is 1. The van der Waals surface area contributed by atoms with Crippen LogP contribution in [0.15, 0.2) is 33.2 Å². The molecule has 1 aliphatic heterocycles. The van der Waals surface area contributed by atoms with Crippen molar-refractivity contribution in [2.75, 3.05) is 18.4 Å². The highest BCUT2D eigenvalue weighted by molar-refractivity contribution is 7.14. The number of benzene rings is 1. The first-order valence-corrected chi connectivity index (χ1v) is 11.1. The SMILES string of the molecule is CCn1c(=O)[nH]c2cc(C(=O)Nc3nc(CN4CCCC(C)C4)cs3)ccc2c1=O. The van der Waals surface area contributed by atoms with Crippen molar-refractivity contribution in [1.82, 2.24) is 19.4 Å². The monoisotopic (exact) mass is 427 g/mol. The number of hydrogen-bond acceptors (Lipinski definition) is 6. The average molecular weight is 428 g/mol. The number of fused-ring (bicyclic) bond motifs is 1. The summed E-state index contributed by atoms with van der Waals surface area (Å²) >= 11 is 1.39. The number of piperidine rings is 1. The number of nitrogens with zero attached hydrogens (tertiary/aromatic N) is 3. The first-order valence-electron chi connectivity index (χ1n) is 10.2. The van der Waals surface area contributed by atoms with Crippen molar-refractivity contribution >= 4 is 33.3 Å². The molecule has 3 aromatic rings. The van der Waals surface area contributed by atoms with Gasteiger partial charge in [0, 0.05) is 30.6 Å². The van der Waals surface area contributed by atoms with E-state index < -0.39 is 5.69 Å². The molecule has 0 aliphatic carbocycles. The van der Waals surface area contributed by atoms with Crippen LogP contribution in [0.1, 0.15) is 42.7 Å². The molecule has 30 heavy (non-hydrogen) atoms. The van der Waals surface area contributed by atoms with Crippen molar-refractivity contribution in [3.8, 4) is 0 Å². The molecule has 0 bridgehead atoms. The fourth-order valence-electron chi connectivity index (χ4n) is 3.95. The van der Waals surface area contributed by atoms with Crippen LogP contribution in [-0.4, -0.2) is 38.4 Å². The Morgan fingerprint density at radius 2 is 2.20 bits per heavy atom. The number of aromatic amines is 1. The molecule has 1 aliphatic rings. The number of hydrogen-bond donors (Lipinski definition) is 2. The van der Waals surface area contributed by atoms with E-state index in [1.807, 2.05) is 5.38 Å². The Morgan fingerprint density at radius 3 is 2.97 bits per heavy atom. The summed E-state index contributed by atoms with van der Waals surface area (Å²) in [6, 6.07) is 4.68. The topological polar surface area (TPSA) is 100 Å². The molecule has 9 heteroatoms. The molecule has 1 saturated heterocycles. The molecular weight excluding hydrogens is 402 g/mol. The van der Waals surface area contributed by atoms with E-state index in [9.17, 15) is 14.4 Å². The van der Waals surface area contributed by atoms with Crippen LogP contribution >= 0.6 is 11.3 Å². The van der Waals surface area contributed by atoms with Crippen LogP contribution < -0.4 is 16.6 Å². The Balaban J connectivity index is 1.49. The molecule has 2 aromatic heterocycles. The summed E-state index contributed by atoms with van der Waals surface area (Å²) in [4.78, 5) is 46.7. The summed E-state index contributed by atoms with van der Waals surface area (Å²) < 4.78 is 1.13. The number of amides is 1. The quantitative estimate of drug-likeness (QED) is 0.652. The summed E-state index contributed by atoms with van der Waals surface area (Å²) in [5.74, 6) is 0.377. The maximum absolute atomic E-state index is 12.7. The Bertz CT molecular complexity index is 1200. The van der Waals surface area contributed by atoms with Crippen molar-refractivity contribution in [3.05, 3.63) is 55.7 Å². The summed E-state index contributed by atoms with van der Waals surface area (Å²) in [7, 11) is 0. The molecule has 1 unspecified atom stereocenters. The van der Waals surface area contributed by atoms with Gasteiger partial charge in [0.25, 0.3) is 11.5 Å². The standard InChI is InChI=1S/C21H25N5O3S/c1-3-26-19(28)16-7-6-14(9-17(16)23-21(26)29)18(27)24-20-22-15(12-30-20)11-25-8-4-5-13(2)10-25/h6-7,9,12-13H,3-5,8,10-11H2,1-2H3,(H,23,29)(H,22,24,27). The second-order valence-corrected chi connectivity index (χ2v) is 8.68. The third-order valence-corrected chi connectivity index (χ3v) is 6.27.